The molecular formula is C88H182N14O5. The number of hydrogen-bond donors (Lipinski definition) is 0. The molecule has 1 spiro atoms. The van der Waals surface area contributed by atoms with E-state index in [1.165, 1.54) is 234 Å². The summed E-state index contributed by atoms with van der Waals surface area (Å²) in [5, 5.41) is 0. The molecule has 11 aliphatic rings. The van der Waals surface area contributed by atoms with Crippen LogP contribution < -0.4 is 0 Å². The highest BCUT2D eigenvalue weighted by Gasteiger charge is 2.39. The first-order chi connectivity index (χ1) is 50.9. The molecule has 11 fully saturated rings. The highest BCUT2D eigenvalue weighted by Crippen LogP contribution is 2.41. The fourth-order valence-corrected chi connectivity index (χ4v) is 19.9. The molecule has 107 heavy (non-hydrogen) atoms. The lowest BCUT2D eigenvalue weighted by atomic mass is 9.71. The van der Waals surface area contributed by atoms with Crippen LogP contribution in [0.15, 0.2) is 0 Å². The van der Waals surface area contributed by atoms with Crippen LogP contribution in [0.2, 0.25) is 0 Å². The third kappa shape index (κ3) is 34.9. The molecule has 19 heteroatoms. The van der Waals surface area contributed by atoms with Gasteiger partial charge in [-0.05, 0) is 346 Å². The minimum Gasteiger partial charge on any atom is -0.385 e. The Morgan fingerprint density at radius 1 is 0.355 bits per heavy atom. The second kappa shape index (κ2) is 51.3. The summed E-state index contributed by atoms with van der Waals surface area (Å²) in [5.74, 6) is 0. The molecule has 1 unspecified atom stereocenters. The van der Waals surface area contributed by atoms with Crippen LogP contribution in [0.4, 0.5) is 0 Å². The van der Waals surface area contributed by atoms with Crippen molar-refractivity contribution in [1.29, 1.82) is 0 Å². The summed E-state index contributed by atoms with van der Waals surface area (Å²) in [4.78, 5) is 36.4. The molecular weight excluding hydrogens is 1330 g/mol. The van der Waals surface area contributed by atoms with Crippen LogP contribution in [0.5, 0.6) is 0 Å². The highest BCUT2D eigenvalue weighted by atomic mass is 16.5. The van der Waals surface area contributed by atoms with E-state index in [1.54, 1.807) is 14.2 Å². The third-order valence-electron chi connectivity index (χ3n) is 26.3. The van der Waals surface area contributed by atoms with Crippen LogP contribution in [0, 0.1) is 10.8 Å². The minimum atomic E-state index is 0.423. The maximum absolute atomic E-state index is 5.51. The molecule has 8 atom stereocenters. The summed E-state index contributed by atoms with van der Waals surface area (Å²) in [5.41, 5.74) is 1.14. The van der Waals surface area contributed by atoms with E-state index in [-0.39, 0.29) is 0 Å². The molecule has 634 valence electrons. The normalized spacial score (nSPS) is 29.9. The third-order valence-corrected chi connectivity index (χ3v) is 26.3. The number of piperidine rings is 2. The topological polar surface area (TPSA) is 91.5 Å². The second-order valence-electron chi connectivity index (χ2n) is 37.9. The quantitative estimate of drug-likeness (QED) is 0.122. The van der Waals surface area contributed by atoms with Gasteiger partial charge in [0.1, 0.15) is 0 Å². The lowest BCUT2D eigenvalue weighted by molar-refractivity contribution is -0.115. The SMILES string of the molecule is CC(C)N1CCC2(CCN(C)CC2)CC1.CC(C)N1CCCN(C)C[C@@H]1C.CC(C)N1CCCN(C2CCOC2)C[C@@H]1C.CC(C)N1CCCN(CC2(C)COC2)C[C@@H]1C.CC(C)N1CCCN([C@H]2CCOC2)C[C@@H]1C.COCCCN1CCCN(C(C)C)[C@@H](C)C1.COCCN1CCCN(C(C)C)[C@@H](C)C1. The van der Waals surface area contributed by atoms with Crippen molar-refractivity contribution in [1.82, 2.24) is 68.6 Å². The number of methoxy groups -OCH3 is 2. The van der Waals surface area contributed by atoms with Crippen LogP contribution in [-0.2, 0) is 23.7 Å². The van der Waals surface area contributed by atoms with Gasteiger partial charge in [0.25, 0.3) is 0 Å². The maximum Gasteiger partial charge on any atom is 0.0622 e. The first kappa shape index (κ1) is 96.8. The van der Waals surface area contributed by atoms with Gasteiger partial charge in [-0.3, -0.25) is 44.1 Å². The van der Waals surface area contributed by atoms with E-state index >= 15 is 0 Å². The number of nitrogens with zero attached hydrogens (tertiary/aromatic N) is 14. The van der Waals surface area contributed by atoms with E-state index < -0.39 is 0 Å². The van der Waals surface area contributed by atoms with Gasteiger partial charge in [0, 0.05) is 189 Å². The van der Waals surface area contributed by atoms with E-state index in [0.29, 0.717) is 84.0 Å². The van der Waals surface area contributed by atoms with Gasteiger partial charge < -0.3 is 48.2 Å². The zero-order valence-corrected chi connectivity index (χ0v) is 75.5. The molecule has 11 saturated heterocycles. The Morgan fingerprint density at radius 2 is 0.701 bits per heavy atom. The molecule has 11 rings (SSSR count). The highest BCUT2D eigenvalue weighted by molar-refractivity contribution is 4.93. The van der Waals surface area contributed by atoms with Gasteiger partial charge >= 0.3 is 0 Å². The van der Waals surface area contributed by atoms with Gasteiger partial charge in [-0.2, -0.15) is 0 Å². The predicted molar refractivity (Wildman–Crippen MR) is 456 cm³/mol. The number of hydrogen-bond acceptors (Lipinski definition) is 19. The summed E-state index contributed by atoms with van der Waals surface area (Å²) in [6.45, 7) is 87.3. The smallest absolute Gasteiger partial charge is 0.0622 e. The Balaban J connectivity index is 0.000000224. The Hall–Kier alpha value is -0.760. The summed E-state index contributed by atoms with van der Waals surface area (Å²) in [6, 6.07) is 10.3. The molecule has 0 aliphatic carbocycles. The molecule has 11 aliphatic heterocycles. The first-order valence-corrected chi connectivity index (χ1v) is 44.9. The molecule has 11 heterocycles. The van der Waals surface area contributed by atoms with Crippen molar-refractivity contribution in [2.24, 2.45) is 10.8 Å². The zero-order valence-electron chi connectivity index (χ0n) is 75.5. The zero-order chi connectivity index (χ0) is 78.8. The van der Waals surface area contributed by atoms with Crippen LogP contribution in [0.25, 0.3) is 0 Å². The van der Waals surface area contributed by atoms with Crippen LogP contribution in [0.1, 0.15) is 229 Å². The van der Waals surface area contributed by atoms with Crippen molar-refractivity contribution in [3.05, 3.63) is 0 Å². The summed E-state index contributed by atoms with van der Waals surface area (Å²) >= 11 is 0. The second-order valence-corrected chi connectivity index (χ2v) is 37.9. The Bertz CT molecular complexity index is 2160. The lowest BCUT2D eigenvalue weighted by Crippen LogP contribution is -2.50. The average molecular weight is 1520 g/mol. The molecule has 19 nitrogen and oxygen atoms in total. The number of likely N-dealkylation sites (N-methyl/N-ethyl adjacent to an activating group) is 1. The largest absolute Gasteiger partial charge is 0.385 e. The van der Waals surface area contributed by atoms with Crippen molar-refractivity contribution < 1.29 is 23.7 Å². The van der Waals surface area contributed by atoms with Gasteiger partial charge in [-0.15, -0.1) is 0 Å². The predicted octanol–water partition coefficient (Wildman–Crippen LogP) is 11.9. The monoisotopic (exact) mass is 1520 g/mol. The van der Waals surface area contributed by atoms with Crippen molar-refractivity contribution in [3.8, 4) is 0 Å². The van der Waals surface area contributed by atoms with Gasteiger partial charge in [0.05, 0.1) is 33.0 Å². The summed E-state index contributed by atoms with van der Waals surface area (Å²) in [6.07, 6.45) is 17.2. The van der Waals surface area contributed by atoms with Crippen molar-refractivity contribution in [2.75, 3.05) is 245 Å². The van der Waals surface area contributed by atoms with E-state index in [9.17, 15) is 0 Å². The maximum atomic E-state index is 5.51. The van der Waals surface area contributed by atoms with Gasteiger partial charge in [-0.1, -0.05) is 6.92 Å². The van der Waals surface area contributed by atoms with Gasteiger partial charge in [-0.25, -0.2) is 0 Å². The molecule has 0 N–H and O–H groups in total. The fraction of sp³-hybridized carbons (Fsp3) is 1.00. The molecule has 0 aromatic rings. The summed E-state index contributed by atoms with van der Waals surface area (Å²) < 4.78 is 26.6. The molecule has 0 saturated carbocycles. The van der Waals surface area contributed by atoms with Crippen LogP contribution in [0.3, 0.4) is 0 Å². The Kier molecular flexibility index (Phi) is 46.5. The lowest BCUT2D eigenvalue weighted by Gasteiger charge is -2.47. The number of ether oxygens (including phenoxy) is 5. The van der Waals surface area contributed by atoms with E-state index in [1.807, 2.05) is 0 Å². The molecule has 0 aromatic carbocycles. The van der Waals surface area contributed by atoms with E-state index in [2.05, 4.69) is 228 Å². The standard InChI is InChI=1S/C14H28N2O.2C13H26N2O.C13H28N2O.C13H26N2.C12H26N2O.C10H22N2/c1-12(2)16-7-5-6-15(8-13(16)3)9-14(4)10-17-11-14;2*1-11(2)15-7-4-6-14(9-12(15)3)13-5-8-16-10-13;1-12(2)15-9-5-7-14(11-13(15)3)8-6-10-16-4;1-12(2)15-10-6-13(7-11-15)4-8-14(3)9-5-13;1-11(2)14-7-5-6-13(8-9-15-4)10-12(14)3;1-9(2)12-7-5-6-11(4)8-10(12)3/h12-13H,5-11H2,1-4H3;2*11-13H,4-10H2,1-3H3;12-13H,5-11H2,1-4H3;12H,4-11H2,1-3H3;11-12H,5-10H2,1-4H3;9-10H,5-8H2,1-4H3/t13-;12-,13?;12-,13-;13-;;12-;10-/m0000.00/s1. The molecule has 0 radical (unpaired) electrons. The van der Waals surface area contributed by atoms with Crippen molar-refractivity contribution in [2.45, 2.75) is 319 Å². The average Bonchev–Trinajstić information content (AvgIpc) is 1.75. The van der Waals surface area contributed by atoms with Crippen molar-refractivity contribution in [3.63, 3.8) is 0 Å². The molecule has 0 bridgehead atoms. The Morgan fingerprint density at radius 3 is 1.06 bits per heavy atom. The van der Waals surface area contributed by atoms with Crippen LogP contribution >= 0.6 is 0 Å². The molecule has 0 aromatic heterocycles. The van der Waals surface area contributed by atoms with Gasteiger partial charge in [0.2, 0.25) is 0 Å². The molecule has 0 amide bonds. The number of rotatable bonds is 18. The van der Waals surface area contributed by atoms with E-state index in [4.69, 9.17) is 23.7 Å². The first-order valence-electron chi connectivity index (χ1n) is 44.9. The Labute approximate surface area is 664 Å². The van der Waals surface area contributed by atoms with Crippen LogP contribution in [-0.4, -0.2) is 404 Å². The minimum absolute atomic E-state index is 0.423. The summed E-state index contributed by atoms with van der Waals surface area (Å²) in [7, 11) is 8.05. The van der Waals surface area contributed by atoms with Gasteiger partial charge in [0.15, 0.2) is 0 Å². The fourth-order valence-electron chi connectivity index (χ4n) is 19.9. The van der Waals surface area contributed by atoms with Crippen molar-refractivity contribution >= 4 is 0 Å². The van der Waals surface area contributed by atoms with E-state index in [0.717, 1.165) is 83.3 Å². The number of likely N-dealkylation sites (tertiary alicyclic amines) is 2.